The van der Waals surface area contributed by atoms with Crippen molar-refractivity contribution in [3.63, 3.8) is 0 Å². The second-order valence-corrected chi connectivity index (χ2v) is 5.80. The lowest BCUT2D eigenvalue weighted by Crippen LogP contribution is -2.36. The van der Waals surface area contributed by atoms with Crippen molar-refractivity contribution < 1.29 is 14.7 Å². The largest absolute Gasteiger partial charge is 0.481 e. The number of carboxylic acid groups (broad SMARTS) is 1. The highest BCUT2D eigenvalue weighted by Crippen LogP contribution is 2.31. The molecule has 19 heavy (non-hydrogen) atoms. The van der Waals surface area contributed by atoms with Gasteiger partial charge in [-0.25, -0.2) is 0 Å². The molecule has 110 valence electrons. The Labute approximate surface area is 116 Å². The molecule has 0 aliphatic heterocycles. The molecule has 0 bridgehead atoms. The van der Waals surface area contributed by atoms with Crippen LogP contribution in [0.4, 0.5) is 0 Å². The predicted molar refractivity (Wildman–Crippen MR) is 74.8 cm³/mol. The summed E-state index contributed by atoms with van der Waals surface area (Å²) in [6, 6.07) is 0.202. The van der Waals surface area contributed by atoms with Crippen LogP contribution in [-0.2, 0) is 9.59 Å². The van der Waals surface area contributed by atoms with Gasteiger partial charge >= 0.3 is 5.97 Å². The van der Waals surface area contributed by atoms with Gasteiger partial charge in [-0.05, 0) is 32.6 Å². The molecule has 3 unspecified atom stereocenters. The second-order valence-electron chi connectivity index (χ2n) is 5.80. The Morgan fingerprint density at radius 2 is 1.89 bits per heavy atom. The van der Waals surface area contributed by atoms with E-state index in [1.54, 1.807) is 0 Å². The van der Waals surface area contributed by atoms with E-state index >= 15 is 0 Å². The molecule has 2 N–H and O–H groups in total. The Morgan fingerprint density at radius 3 is 2.47 bits per heavy atom. The number of hydrogen-bond acceptors (Lipinski definition) is 2. The van der Waals surface area contributed by atoms with Crippen molar-refractivity contribution >= 4 is 11.9 Å². The third-order valence-electron chi connectivity index (χ3n) is 4.03. The molecule has 1 rings (SSSR count). The van der Waals surface area contributed by atoms with Crippen LogP contribution in [0.15, 0.2) is 0 Å². The molecular weight excluding hydrogens is 242 g/mol. The number of nitrogens with one attached hydrogen (secondary N) is 1. The molecule has 0 aromatic rings. The van der Waals surface area contributed by atoms with E-state index in [9.17, 15) is 9.59 Å². The molecule has 1 saturated carbocycles. The quantitative estimate of drug-likeness (QED) is 0.666. The van der Waals surface area contributed by atoms with Crippen LogP contribution in [0.1, 0.15) is 65.2 Å². The fraction of sp³-hybridized carbons (Fsp3) is 0.867. The van der Waals surface area contributed by atoms with Crippen molar-refractivity contribution in [2.75, 3.05) is 0 Å². The lowest BCUT2D eigenvalue weighted by Gasteiger charge is -2.17. The van der Waals surface area contributed by atoms with Crippen LogP contribution in [-0.4, -0.2) is 23.0 Å². The molecule has 0 aromatic carbocycles. The fourth-order valence-corrected chi connectivity index (χ4v) is 2.75. The molecule has 1 aliphatic rings. The zero-order valence-corrected chi connectivity index (χ0v) is 12.2. The van der Waals surface area contributed by atoms with Crippen LogP contribution >= 0.6 is 0 Å². The molecule has 0 radical (unpaired) electrons. The highest BCUT2D eigenvalue weighted by Gasteiger charge is 2.33. The van der Waals surface area contributed by atoms with Gasteiger partial charge in [0.05, 0.1) is 5.92 Å². The molecule has 0 aromatic heterocycles. The fourth-order valence-electron chi connectivity index (χ4n) is 2.75. The minimum atomic E-state index is -0.761. The van der Waals surface area contributed by atoms with Gasteiger partial charge in [-0.3, -0.25) is 9.59 Å². The molecule has 1 aliphatic carbocycles. The third kappa shape index (κ3) is 5.62. The molecular formula is C15H27NO3. The van der Waals surface area contributed by atoms with Crippen LogP contribution in [0.3, 0.4) is 0 Å². The predicted octanol–water partition coefficient (Wildman–Crippen LogP) is 2.96. The molecule has 4 heteroatoms. The number of carbonyl (C=O) groups excluding carboxylic acids is 1. The molecule has 0 heterocycles. The van der Waals surface area contributed by atoms with E-state index in [0.29, 0.717) is 19.3 Å². The molecule has 0 saturated heterocycles. The summed E-state index contributed by atoms with van der Waals surface area (Å²) in [5.41, 5.74) is 0. The average molecular weight is 269 g/mol. The molecule has 3 atom stereocenters. The van der Waals surface area contributed by atoms with Crippen LogP contribution in [0.25, 0.3) is 0 Å². The molecule has 4 nitrogen and oxygen atoms in total. The molecule has 0 spiro atoms. The van der Waals surface area contributed by atoms with Gasteiger partial charge in [-0.2, -0.15) is 0 Å². The van der Waals surface area contributed by atoms with Crippen LogP contribution < -0.4 is 5.32 Å². The van der Waals surface area contributed by atoms with Gasteiger partial charge in [0.1, 0.15) is 0 Å². The number of unbranched alkanes of at least 4 members (excludes halogenated alkanes) is 3. The monoisotopic (exact) mass is 269 g/mol. The smallest absolute Gasteiger partial charge is 0.306 e. The van der Waals surface area contributed by atoms with E-state index in [0.717, 1.165) is 12.8 Å². The van der Waals surface area contributed by atoms with Crippen LogP contribution in [0.2, 0.25) is 0 Å². The highest BCUT2D eigenvalue weighted by atomic mass is 16.4. The van der Waals surface area contributed by atoms with Gasteiger partial charge in [-0.15, -0.1) is 0 Å². The first-order chi connectivity index (χ1) is 9.04. The summed E-state index contributed by atoms with van der Waals surface area (Å²) in [7, 11) is 0. The van der Waals surface area contributed by atoms with Gasteiger partial charge < -0.3 is 10.4 Å². The van der Waals surface area contributed by atoms with E-state index in [2.05, 4.69) is 12.2 Å². The Bertz CT molecular complexity index is 304. The van der Waals surface area contributed by atoms with E-state index in [1.165, 1.54) is 19.3 Å². The summed E-state index contributed by atoms with van der Waals surface area (Å²) >= 11 is 0. The number of amides is 1. The summed E-state index contributed by atoms with van der Waals surface area (Å²) in [5.74, 6) is -1.13. The maximum absolute atomic E-state index is 12.0. The van der Waals surface area contributed by atoms with Crippen molar-refractivity contribution in [3.05, 3.63) is 0 Å². The van der Waals surface area contributed by atoms with Crippen molar-refractivity contribution in [2.24, 2.45) is 11.8 Å². The normalized spacial score (nSPS) is 24.1. The summed E-state index contributed by atoms with van der Waals surface area (Å²) in [6.45, 7) is 4.22. The van der Waals surface area contributed by atoms with E-state index in [4.69, 9.17) is 5.11 Å². The number of hydrogen-bond donors (Lipinski definition) is 2. The van der Waals surface area contributed by atoms with E-state index in [-0.39, 0.29) is 23.8 Å². The van der Waals surface area contributed by atoms with Crippen LogP contribution in [0, 0.1) is 11.8 Å². The Kier molecular flexibility index (Phi) is 6.89. The summed E-state index contributed by atoms with van der Waals surface area (Å²) in [6.07, 6.45) is 7.72. The maximum atomic E-state index is 12.0. The van der Waals surface area contributed by atoms with Crippen LogP contribution in [0.5, 0.6) is 0 Å². The lowest BCUT2D eigenvalue weighted by atomic mass is 10.0. The second kappa shape index (κ2) is 8.18. The third-order valence-corrected chi connectivity index (χ3v) is 4.03. The minimum absolute atomic E-state index is 0.0479. The Hall–Kier alpha value is -1.06. The zero-order chi connectivity index (χ0) is 14.3. The van der Waals surface area contributed by atoms with Gasteiger partial charge in [0.15, 0.2) is 0 Å². The maximum Gasteiger partial charge on any atom is 0.306 e. The first-order valence-electron chi connectivity index (χ1n) is 7.57. The number of carboxylic acids is 1. The summed E-state index contributed by atoms with van der Waals surface area (Å²) in [4.78, 5) is 22.9. The van der Waals surface area contributed by atoms with Crippen molar-refractivity contribution in [2.45, 2.75) is 71.3 Å². The first kappa shape index (κ1) is 16.0. The van der Waals surface area contributed by atoms with Gasteiger partial charge in [0.25, 0.3) is 0 Å². The standard InChI is InChI=1S/C15H27NO3/c1-3-4-5-6-7-11(2)16-14(17)12-8-9-13(10-12)15(18)19/h11-13H,3-10H2,1-2H3,(H,16,17)(H,18,19). The summed E-state index contributed by atoms with van der Waals surface area (Å²) < 4.78 is 0. The zero-order valence-electron chi connectivity index (χ0n) is 12.2. The Balaban J connectivity index is 2.21. The summed E-state index contributed by atoms with van der Waals surface area (Å²) in [5, 5.41) is 12.0. The topological polar surface area (TPSA) is 66.4 Å². The average Bonchev–Trinajstić information content (AvgIpc) is 2.84. The van der Waals surface area contributed by atoms with Crippen molar-refractivity contribution in [3.8, 4) is 0 Å². The Morgan fingerprint density at radius 1 is 1.21 bits per heavy atom. The first-order valence-corrected chi connectivity index (χ1v) is 7.57. The number of aliphatic carboxylic acids is 1. The van der Waals surface area contributed by atoms with Crippen molar-refractivity contribution in [1.29, 1.82) is 0 Å². The van der Waals surface area contributed by atoms with Gasteiger partial charge in [0, 0.05) is 12.0 Å². The van der Waals surface area contributed by atoms with Crippen molar-refractivity contribution in [1.82, 2.24) is 5.32 Å². The number of rotatable bonds is 8. The lowest BCUT2D eigenvalue weighted by molar-refractivity contribution is -0.141. The number of carbonyl (C=O) groups is 2. The molecule has 1 fully saturated rings. The van der Waals surface area contributed by atoms with Gasteiger partial charge in [-0.1, -0.05) is 32.6 Å². The highest BCUT2D eigenvalue weighted by molar-refractivity contribution is 5.81. The minimum Gasteiger partial charge on any atom is -0.481 e. The van der Waals surface area contributed by atoms with E-state index < -0.39 is 5.97 Å². The SMILES string of the molecule is CCCCCCC(C)NC(=O)C1CCC(C(=O)O)C1. The van der Waals surface area contributed by atoms with E-state index in [1.807, 2.05) is 6.92 Å². The van der Waals surface area contributed by atoms with Gasteiger partial charge in [0.2, 0.25) is 5.91 Å². The molecule has 1 amide bonds.